The van der Waals surface area contributed by atoms with E-state index in [0.29, 0.717) is 12.2 Å². The molecule has 0 aliphatic rings. The lowest BCUT2D eigenvalue weighted by atomic mass is 10.2. The summed E-state index contributed by atoms with van der Waals surface area (Å²) in [5.74, 6) is 0.719. The Bertz CT molecular complexity index is 694. The van der Waals surface area contributed by atoms with E-state index in [1.165, 1.54) is 6.20 Å². The Kier molecular flexibility index (Phi) is 2.08. The van der Waals surface area contributed by atoms with Gasteiger partial charge in [-0.15, -0.1) is 0 Å². The van der Waals surface area contributed by atoms with E-state index in [4.69, 9.17) is 4.42 Å². The molecule has 0 bridgehead atoms. The van der Waals surface area contributed by atoms with Crippen LogP contribution in [0.15, 0.2) is 41.1 Å². The number of oxazole rings is 1. The number of hydrogen-bond donors (Lipinski definition) is 0. The number of fused-ring (bicyclic) bond motifs is 1. The molecule has 0 spiro atoms. The van der Waals surface area contributed by atoms with Gasteiger partial charge in [0.1, 0.15) is 0 Å². The second-order valence-corrected chi connectivity index (χ2v) is 3.86. The highest BCUT2D eigenvalue weighted by Gasteiger charge is 2.12. The van der Waals surface area contributed by atoms with Gasteiger partial charge in [-0.2, -0.15) is 0 Å². The zero-order valence-electron chi connectivity index (χ0n) is 9.25. The fraction of sp³-hybridized carbons (Fsp3) is 0.0769. The number of nitrogens with zero attached hydrogens (tertiary/aromatic N) is 2. The van der Waals surface area contributed by atoms with Crippen LogP contribution in [0.25, 0.3) is 22.4 Å². The maximum Gasteiger partial charge on any atom is 0.229 e. The van der Waals surface area contributed by atoms with Crippen molar-refractivity contribution in [2.24, 2.45) is 7.05 Å². The molecule has 0 atom stereocenters. The van der Waals surface area contributed by atoms with Gasteiger partial charge >= 0.3 is 0 Å². The van der Waals surface area contributed by atoms with E-state index in [1.54, 1.807) is 0 Å². The average molecular weight is 226 g/mol. The number of benzene rings is 1. The van der Waals surface area contributed by atoms with Crippen molar-refractivity contribution in [3.05, 3.63) is 42.4 Å². The van der Waals surface area contributed by atoms with Crippen molar-refractivity contribution in [2.75, 3.05) is 0 Å². The molecule has 3 rings (SSSR count). The fourth-order valence-electron chi connectivity index (χ4n) is 1.98. The topological polar surface area (TPSA) is 48.0 Å². The van der Waals surface area contributed by atoms with Crippen LogP contribution in [0, 0.1) is 0 Å². The summed E-state index contributed by atoms with van der Waals surface area (Å²) in [5.41, 5.74) is 2.00. The SMILES string of the molecule is Cn1cc(-c2ncc(C=O)o2)c2ccccc21. The number of aldehydes is 1. The molecule has 2 aromatic heterocycles. The van der Waals surface area contributed by atoms with Gasteiger partial charge in [0.05, 0.1) is 11.8 Å². The Morgan fingerprint density at radius 1 is 1.35 bits per heavy atom. The molecule has 0 unspecified atom stereocenters. The molecule has 3 aromatic rings. The molecule has 0 aliphatic carbocycles. The highest BCUT2D eigenvalue weighted by molar-refractivity contribution is 5.94. The van der Waals surface area contributed by atoms with E-state index in [9.17, 15) is 4.79 Å². The molecule has 1 aromatic carbocycles. The van der Waals surface area contributed by atoms with Crippen molar-refractivity contribution in [3.63, 3.8) is 0 Å². The number of aryl methyl sites for hydroxylation is 1. The van der Waals surface area contributed by atoms with E-state index in [2.05, 4.69) is 4.98 Å². The highest BCUT2D eigenvalue weighted by atomic mass is 16.4. The van der Waals surface area contributed by atoms with E-state index in [-0.39, 0.29) is 5.76 Å². The highest BCUT2D eigenvalue weighted by Crippen LogP contribution is 2.29. The quantitative estimate of drug-likeness (QED) is 0.631. The van der Waals surface area contributed by atoms with E-state index >= 15 is 0 Å². The van der Waals surface area contributed by atoms with E-state index < -0.39 is 0 Å². The molecule has 0 aliphatic heterocycles. The Morgan fingerprint density at radius 3 is 2.94 bits per heavy atom. The first kappa shape index (κ1) is 9.84. The fourth-order valence-corrected chi connectivity index (χ4v) is 1.98. The van der Waals surface area contributed by atoms with Crippen LogP contribution >= 0.6 is 0 Å². The smallest absolute Gasteiger partial charge is 0.229 e. The standard InChI is InChI=1S/C13H10N2O2/c1-15-7-11(10-4-2-3-5-12(10)15)13-14-6-9(8-16)17-13/h2-8H,1H3. The predicted molar refractivity (Wildman–Crippen MR) is 63.8 cm³/mol. The molecular formula is C13H10N2O2. The first-order valence-electron chi connectivity index (χ1n) is 5.25. The van der Waals surface area contributed by atoms with Gasteiger partial charge in [-0.3, -0.25) is 4.79 Å². The van der Waals surface area contributed by atoms with Crippen molar-refractivity contribution in [1.29, 1.82) is 0 Å². The summed E-state index contributed by atoms with van der Waals surface area (Å²) in [5, 5.41) is 1.06. The van der Waals surface area contributed by atoms with Crippen LogP contribution in [-0.2, 0) is 7.05 Å². The summed E-state index contributed by atoms with van der Waals surface area (Å²) in [4.78, 5) is 14.7. The second-order valence-electron chi connectivity index (χ2n) is 3.86. The van der Waals surface area contributed by atoms with Gasteiger partial charge < -0.3 is 8.98 Å². The zero-order chi connectivity index (χ0) is 11.8. The molecule has 0 amide bonds. The molecule has 4 nitrogen and oxygen atoms in total. The van der Waals surface area contributed by atoms with Gasteiger partial charge in [0.15, 0.2) is 12.0 Å². The maximum absolute atomic E-state index is 10.6. The Hall–Kier alpha value is -2.36. The molecule has 0 saturated heterocycles. The summed E-state index contributed by atoms with van der Waals surface area (Å²) >= 11 is 0. The molecule has 17 heavy (non-hydrogen) atoms. The Labute approximate surface area is 97.5 Å². The third-order valence-corrected chi connectivity index (χ3v) is 2.77. The average Bonchev–Trinajstić information content (AvgIpc) is 2.95. The molecule has 2 heterocycles. The van der Waals surface area contributed by atoms with Crippen LogP contribution in [0.1, 0.15) is 10.6 Å². The van der Waals surface area contributed by atoms with E-state index in [0.717, 1.165) is 16.5 Å². The van der Waals surface area contributed by atoms with Crippen molar-refractivity contribution < 1.29 is 9.21 Å². The first-order chi connectivity index (χ1) is 8.29. The number of carbonyl (C=O) groups excluding carboxylic acids is 1. The van der Waals surface area contributed by atoms with Gasteiger partial charge in [-0.05, 0) is 6.07 Å². The summed E-state index contributed by atoms with van der Waals surface area (Å²) < 4.78 is 7.36. The summed E-state index contributed by atoms with van der Waals surface area (Å²) in [6, 6.07) is 7.99. The lowest BCUT2D eigenvalue weighted by Crippen LogP contribution is -1.81. The van der Waals surface area contributed by atoms with Crippen molar-refractivity contribution in [2.45, 2.75) is 0 Å². The summed E-state index contributed by atoms with van der Waals surface area (Å²) in [7, 11) is 1.97. The minimum atomic E-state index is 0.243. The molecule has 0 saturated carbocycles. The molecular weight excluding hydrogens is 216 g/mol. The van der Waals surface area contributed by atoms with Gasteiger partial charge in [0.25, 0.3) is 0 Å². The third kappa shape index (κ3) is 1.45. The van der Waals surface area contributed by atoms with Gasteiger partial charge in [0, 0.05) is 24.1 Å². The molecule has 0 N–H and O–H groups in total. The van der Waals surface area contributed by atoms with E-state index in [1.807, 2.05) is 42.1 Å². The number of rotatable bonds is 2. The third-order valence-electron chi connectivity index (χ3n) is 2.77. The maximum atomic E-state index is 10.6. The molecule has 0 radical (unpaired) electrons. The molecule has 0 fully saturated rings. The van der Waals surface area contributed by atoms with Crippen LogP contribution in [-0.4, -0.2) is 15.8 Å². The lowest BCUT2D eigenvalue weighted by Gasteiger charge is -1.93. The normalized spacial score (nSPS) is 10.9. The zero-order valence-corrected chi connectivity index (χ0v) is 9.25. The number of hydrogen-bond acceptors (Lipinski definition) is 3. The Morgan fingerprint density at radius 2 is 2.18 bits per heavy atom. The van der Waals surface area contributed by atoms with Crippen molar-refractivity contribution in [3.8, 4) is 11.5 Å². The second kappa shape index (κ2) is 3.59. The first-order valence-corrected chi connectivity index (χ1v) is 5.25. The van der Waals surface area contributed by atoms with Gasteiger partial charge in [-0.1, -0.05) is 18.2 Å². The van der Waals surface area contributed by atoms with Crippen LogP contribution in [0.3, 0.4) is 0 Å². The number of aromatic nitrogens is 2. The number of para-hydroxylation sites is 1. The molecule has 4 heteroatoms. The monoisotopic (exact) mass is 226 g/mol. The predicted octanol–water partition coefficient (Wildman–Crippen LogP) is 2.65. The van der Waals surface area contributed by atoms with Crippen molar-refractivity contribution >= 4 is 17.2 Å². The van der Waals surface area contributed by atoms with Crippen LogP contribution in [0.2, 0.25) is 0 Å². The van der Waals surface area contributed by atoms with Crippen LogP contribution in [0.5, 0.6) is 0 Å². The van der Waals surface area contributed by atoms with Gasteiger partial charge in [0.2, 0.25) is 5.89 Å². The molecule has 84 valence electrons. The lowest BCUT2D eigenvalue weighted by molar-refractivity contribution is 0.110. The summed E-state index contributed by atoms with van der Waals surface area (Å²) in [6.45, 7) is 0. The van der Waals surface area contributed by atoms with Crippen LogP contribution < -0.4 is 0 Å². The minimum absolute atomic E-state index is 0.243. The van der Waals surface area contributed by atoms with Crippen LogP contribution in [0.4, 0.5) is 0 Å². The summed E-state index contributed by atoms with van der Waals surface area (Å²) in [6.07, 6.45) is 4.04. The minimum Gasteiger partial charge on any atom is -0.433 e. The Balaban J connectivity index is 2.26. The number of carbonyl (C=O) groups is 1. The van der Waals surface area contributed by atoms with Gasteiger partial charge in [-0.25, -0.2) is 4.98 Å². The van der Waals surface area contributed by atoms with Crippen molar-refractivity contribution in [1.82, 2.24) is 9.55 Å². The largest absolute Gasteiger partial charge is 0.433 e.